The lowest BCUT2D eigenvalue weighted by molar-refractivity contribution is -0.123. The number of rotatable bonds is 4. The number of H-pyrrole nitrogens is 1. The average molecular weight is 618 g/mol. The molecule has 14 heteroatoms. The number of carboxylic acid groups (broad SMARTS) is 1. The minimum absolute atomic E-state index is 0.0758. The van der Waals surface area contributed by atoms with Gasteiger partial charge in [0.2, 0.25) is 11.8 Å². The molecule has 4 aromatic rings. The van der Waals surface area contributed by atoms with E-state index in [1.807, 2.05) is 43.7 Å². The molecular formula is C31H39N9O5. The van der Waals surface area contributed by atoms with E-state index in [-0.39, 0.29) is 30.5 Å². The maximum Gasteiger partial charge on any atom is 0.290 e. The van der Waals surface area contributed by atoms with E-state index < -0.39 is 11.9 Å². The van der Waals surface area contributed by atoms with E-state index in [0.717, 1.165) is 34.9 Å². The molecule has 0 saturated carbocycles. The number of aromatic amines is 1. The molecule has 6 N–H and O–H groups in total. The van der Waals surface area contributed by atoms with Crippen LogP contribution in [-0.2, 0) is 34.4 Å². The van der Waals surface area contributed by atoms with Gasteiger partial charge in [-0.3, -0.25) is 28.8 Å². The topological polar surface area (TPSA) is 186 Å². The Labute approximate surface area is 260 Å². The Balaban J connectivity index is 0.00000148. The van der Waals surface area contributed by atoms with Crippen molar-refractivity contribution in [1.82, 2.24) is 40.6 Å². The number of carbonyl (C=O) groups is 4. The van der Waals surface area contributed by atoms with E-state index in [0.29, 0.717) is 45.0 Å². The predicted octanol–water partition coefficient (Wildman–Crippen LogP) is 1.28. The van der Waals surface area contributed by atoms with Gasteiger partial charge < -0.3 is 31.4 Å². The monoisotopic (exact) mass is 617 g/mol. The summed E-state index contributed by atoms with van der Waals surface area (Å²) in [6.45, 7) is 2.58. The van der Waals surface area contributed by atoms with E-state index in [4.69, 9.17) is 9.90 Å². The highest BCUT2D eigenvalue weighted by Crippen LogP contribution is 2.19. The minimum atomic E-state index is -0.791. The molecule has 2 bridgehead atoms. The van der Waals surface area contributed by atoms with Crippen molar-refractivity contribution in [1.29, 1.82) is 0 Å². The number of hydrogen-bond donors (Lipinski definition) is 6. The minimum Gasteiger partial charge on any atom is -0.483 e. The SMILES string of the molecule is Cn1cc(CN2CCCCNC(=O)[C@H](Cc3c[nH]c4ccccc34)NC(=O)c3cccc(n3)NCCNC(=O)C2)cn1.O=CO. The molecule has 0 unspecified atom stereocenters. The molecule has 0 aliphatic carbocycles. The molecular weight excluding hydrogens is 578 g/mol. The number of nitrogens with one attached hydrogen (secondary N) is 5. The number of anilines is 1. The van der Waals surface area contributed by atoms with Crippen LogP contribution in [0.4, 0.5) is 5.82 Å². The van der Waals surface area contributed by atoms with Gasteiger partial charge in [-0.15, -0.1) is 0 Å². The number of carbonyl (C=O) groups excluding carboxylic acids is 3. The molecule has 45 heavy (non-hydrogen) atoms. The molecule has 0 radical (unpaired) electrons. The summed E-state index contributed by atoms with van der Waals surface area (Å²) in [5.41, 5.74) is 3.14. The summed E-state index contributed by atoms with van der Waals surface area (Å²) in [6, 6.07) is 12.2. The van der Waals surface area contributed by atoms with Crippen LogP contribution in [0.3, 0.4) is 0 Å². The normalized spacial score (nSPS) is 17.3. The smallest absolute Gasteiger partial charge is 0.290 e. The Bertz CT molecular complexity index is 1580. The molecule has 1 aromatic carbocycles. The van der Waals surface area contributed by atoms with Crippen molar-refractivity contribution in [2.45, 2.75) is 31.8 Å². The van der Waals surface area contributed by atoms with Crippen LogP contribution in [0.2, 0.25) is 0 Å². The third kappa shape index (κ3) is 9.89. The lowest BCUT2D eigenvalue weighted by Crippen LogP contribution is -2.48. The van der Waals surface area contributed by atoms with Gasteiger partial charge in [-0.25, -0.2) is 4.98 Å². The van der Waals surface area contributed by atoms with Gasteiger partial charge in [0.15, 0.2) is 0 Å². The van der Waals surface area contributed by atoms with Gasteiger partial charge in [-0.05, 0) is 43.1 Å². The largest absolute Gasteiger partial charge is 0.483 e. The first kappa shape index (κ1) is 32.7. The first-order valence-electron chi connectivity index (χ1n) is 14.7. The van der Waals surface area contributed by atoms with E-state index in [9.17, 15) is 14.4 Å². The van der Waals surface area contributed by atoms with Crippen LogP contribution >= 0.6 is 0 Å². The Hall–Kier alpha value is -5.24. The number of hydrogen-bond acceptors (Lipinski definition) is 8. The highest BCUT2D eigenvalue weighted by molar-refractivity contribution is 5.96. The van der Waals surface area contributed by atoms with Crippen molar-refractivity contribution in [3.05, 3.63) is 77.9 Å². The number of para-hydroxylation sites is 1. The van der Waals surface area contributed by atoms with E-state index in [2.05, 4.69) is 41.2 Å². The van der Waals surface area contributed by atoms with Crippen molar-refractivity contribution in [3.8, 4) is 0 Å². The fraction of sp³-hybridized carbons (Fsp3) is 0.355. The van der Waals surface area contributed by atoms with Crippen LogP contribution < -0.4 is 21.3 Å². The van der Waals surface area contributed by atoms with Crippen LogP contribution in [0.15, 0.2) is 61.1 Å². The third-order valence-corrected chi connectivity index (χ3v) is 7.19. The van der Waals surface area contributed by atoms with E-state index >= 15 is 0 Å². The number of benzene rings is 1. The van der Waals surface area contributed by atoms with Crippen molar-refractivity contribution in [2.24, 2.45) is 7.05 Å². The Morgan fingerprint density at radius 3 is 2.60 bits per heavy atom. The fourth-order valence-electron chi connectivity index (χ4n) is 5.09. The van der Waals surface area contributed by atoms with Gasteiger partial charge in [0.25, 0.3) is 12.4 Å². The summed E-state index contributed by atoms with van der Waals surface area (Å²) in [5, 5.41) is 24.2. The number of fused-ring (bicyclic) bond motifs is 3. The van der Waals surface area contributed by atoms with Crippen molar-refractivity contribution in [3.63, 3.8) is 0 Å². The molecule has 0 fully saturated rings. The lowest BCUT2D eigenvalue weighted by Gasteiger charge is -2.21. The summed E-state index contributed by atoms with van der Waals surface area (Å²) in [4.78, 5) is 57.5. The van der Waals surface area contributed by atoms with Crippen LogP contribution in [0, 0.1) is 0 Å². The number of aryl methyl sites for hydroxylation is 1. The van der Waals surface area contributed by atoms with Crippen molar-refractivity contribution in [2.75, 3.05) is 38.0 Å². The highest BCUT2D eigenvalue weighted by Gasteiger charge is 2.24. The highest BCUT2D eigenvalue weighted by atomic mass is 16.3. The Morgan fingerprint density at radius 1 is 1.00 bits per heavy atom. The molecule has 0 spiro atoms. The second-order valence-electron chi connectivity index (χ2n) is 10.6. The molecule has 0 saturated heterocycles. The summed E-state index contributed by atoms with van der Waals surface area (Å²) in [5.74, 6) is -0.262. The van der Waals surface area contributed by atoms with Crippen LogP contribution in [-0.4, -0.2) is 92.7 Å². The quantitative estimate of drug-likeness (QED) is 0.184. The van der Waals surface area contributed by atoms with Crippen LogP contribution in [0.1, 0.15) is 34.5 Å². The van der Waals surface area contributed by atoms with E-state index in [1.165, 1.54) is 0 Å². The summed E-state index contributed by atoms with van der Waals surface area (Å²) >= 11 is 0. The number of amides is 3. The summed E-state index contributed by atoms with van der Waals surface area (Å²) in [6.07, 6.45) is 7.46. The molecule has 1 aliphatic heterocycles. The van der Waals surface area contributed by atoms with Gasteiger partial charge >= 0.3 is 0 Å². The molecule has 1 aliphatic rings. The van der Waals surface area contributed by atoms with Gasteiger partial charge in [-0.1, -0.05) is 24.3 Å². The number of nitrogens with zero attached hydrogens (tertiary/aromatic N) is 4. The predicted molar refractivity (Wildman–Crippen MR) is 168 cm³/mol. The molecule has 1 atom stereocenters. The van der Waals surface area contributed by atoms with Crippen molar-refractivity contribution >= 4 is 40.9 Å². The molecule has 3 aromatic heterocycles. The summed E-state index contributed by atoms with van der Waals surface area (Å²) in [7, 11) is 1.87. The van der Waals surface area contributed by atoms with Gasteiger partial charge in [0.1, 0.15) is 17.6 Å². The molecule has 238 valence electrons. The molecule has 4 heterocycles. The third-order valence-electron chi connectivity index (χ3n) is 7.19. The van der Waals surface area contributed by atoms with Crippen LogP contribution in [0.25, 0.3) is 10.9 Å². The zero-order valence-corrected chi connectivity index (χ0v) is 25.2. The zero-order valence-electron chi connectivity index (χ0n) is 25.2. The standard InChI is InChI=1S/C30H37N9O3.CH2O2/c1-38-18-21(16-35-38)19-39-14-5-4-11-33-29(41)26(15-22-17-34-24-8-3-2-7-23(22)24)37-30(42)25-9-6-10-27(36-25)31-12-13-32-28(40)20-39;2-1-3/h2-3,6-10,16-18,26,34H,4-5,11-15,19-20H2,1H3,(H,31,36)(H,32,40)(H,33,41)(H,37,42);1H,(H,2,3)/t26-;/m0./s1. The second kappa shape index (κ2) is 16.6. The zero-order chi connectivity index (χ0) is 32.0. The van der Waals surface area contributed by atoms with Crippen molar-refractivity contribution < 1.29 is 24.3 Å². The van der Waals surface area contributed by atoms with Gasteiger partial charge in [-0.2, -0.15) is 5.10 Å². The second-order valence-corrected chi connectivity index (χ2v) is 10.6. The fourth-order valence-corrected chi connectivity index (χ4v) is 5.09. The molecule has 3 amide bonds. The van der Waals surface area contributed by atoms with Gasteiger partial charge in [0.05, 0.1) is 12.7 Å². The van der Waals surface area contributed by atoms with E-state index in [1.54, 1.807) is 29.1 Å². The maximum atomic E-state index is 13.4. The van der Waals surface area contributed by atoms with Crippen LogP contribution in [0.5, 0.6) is 0 Å². The number of pyridine rings is 1. The average Bonchev–Trinajstić information content (AvgIpc) is 3.64. The Kier molecular flexibility index (Phi) is 12.0. The first-order valence-corrected chi connectivity index (χ1v) is 14.7. The molecule has 5 rings (SSSR count). The maximum absolute atomic E-state index is 13.4. The first-order chi connectivity index (χ1) is 21.9. The number of aromatic nitrogens is 4. The Morgan fingerprint density at radius 2 is 1.80 bits per heavy atom. The summed E-state index contributed by atoms with van der Waals surface area (Å²) < 4.78 is 1.75. The lowest BCUT2D eigenvalue weighted by atomic mass is 10.0. The van der Waals surface area contributed by atoms with Gasteiger partial charge in [0, 0.05) is 68.5 Å². The molecule has 14 nitrogen and oxygen atoms in total.